The monoisotopic (exact) mass is 447 g/mol. The highest BCUT2D eigenvalue weighted by Crippen LogP contribution is 2.46. The zero-order chi connectivity index (χ0) is 22.8. The van der Waals surface area contributed by atoms with Gasteiger partial charge in [-0.3, -0.25) is 9.29 Å². The molecule has 2 aromatic carbocycles. The van der Waals surface area contributed by atoms with Crippen LogP contribution in [0.4, 0.5) is 4.39 Å². The number of allylic oxidation sites excluding steroid dienone is 1. The number of nitrogens with zero attached hydrogens (tertiary/aromatic N) is 3. The number of likely N-dealkylation sites (tertiary alicyclic amines) is 1. The third-order valence-corrected chi connectivity index (χ3v) is 6.18. The molecule has 1 atom stereocenters. The molecule has 0 saturated carbocycles. The average Bonchev–Trinajstić information content (AvgIpc) is 2.81. The number of benzene rings is 2. The minimum atomic E-state index is -0.470. The van der Waals surface area contributed by atoms with Crippen LogP contribution < -0.4 is 9.47 Å². The molecule has 2 aliphatic rings. The van der Waals surface area contributed by atoms with Gasteiger partial charge in [0.15, 0.2) is 6.10 Å². The van der Waals surface area contributed by atoms with E-state index in [1.165, 1.54) is 0 Å². The average molecular weight is 448 g/mol. The molecule has 33 heavy (non-hydrogen) atoms. The Hall–Kier alpha value is -3.45. The molecule has 1 N–H and O–H groups in total. The molecular weight excluding hydrogens is 421 g/mol. The van der Waals surface area contributed by atoms with Gasteiger partial charge in [0.1, 0.15) is 23.8 Å². The summed E-state index contributed by atoms with van der Waals surface area (Å²) in [6.07, 6.45) is 2.81. The normalized spacial score (nSPS) is 18.4. The van der Waals surface area contributed by atoms with E-state index in [1.54, 1.807) is 24.5 Å². The molecule has 1 fully saturated rings. The Morgan fingerprint density at radius 3 is 2.73 bits per heavy atom. The van der Waals surface area contributed by atoms with Crippen LogP contribution in [-0.2, 0) is 0 Å². The second-order valence-electron chi connectivity index (χ2n) is 8.49. The Balaban J connectivity index is 1.36. The van der Waals surface area contributed by atoms with Crippen LogP contribution >= 0.6 is 0 Å². The molecular formula is C26H26FN3O3. The van der Waals surface area contributed by atoms with Crippen LogP contribution in [0.2, 0.25) is 0 Å². The molecule has 7 heteroatoms. The lowest BCUT2D eigenvalue weighted by atomic mass is 9.88. The van der Waals surface area contributed by atoms with Gasteiger partial charge in [-0.05, 0) is 36.3 Å². The molecule has 1 aromatic heterocycles. The molecule has 0 spiro atoms. The van der Waals surface area contributed by atoms with Crippen molar-refractivity contribution in [1.82, 2.24) is 14.9 Å². The summed E-state index contributed by atoms with van der Waals surface area (Å²) in [7, 11) is 0. The number of phenolic OH excluding ortho intramolecular Hbond substituents is 1. The molecule has 0 amide bonds. The van der Waals surface area contributed by atoms with E-state index in [1.807, 2.05) is 36.4 Å². The van der Waals surface area contributed by atoms with Crippen molar-refractivity contribution in [3.63, 3.8) is 0 Å². The Labute approximate surface area is 192 Å². The van der Waals surface area contributed by atoms with Gasteiger partial charge < -0.3 is 14.6 Å². The third kappa shape index (κ3) is 4.41. The number of alkyl halides is 1. The fourth-order valence-electron chi connectivity index (χ4n) is 4.43. The first-order valence-electron chi connectivity index (χ1n) is 11.1. The van der Waals surface area contributed by atoms with Crippen molar-refractivity contribution in [2.24, 2.45) is 5.92 Å². The summed E-state index contributed by atoms with van der Waals surface area (Å²) in [5.74, 6) is 1.59. The zero-order valence-corrected chi connectivity index (χ0v) is 18.4. The van der Waals surface area contributed by atoms with Gasteiger partial charge in [0.2, 0.25) is 5.88 Å². The zero-order valence-electron chi connectivity index (χ0n) is 18.4. The van der Waals surface area contributed by atoms with Gasteiger partial charge >= 0.3 is 0 Å². The van der Waals surface area contributed by atoms with Crippen molar-refractivity contribution in [3.05, 3.63) is 77.7 Å². The minimum absolute atomic E-state index is 0.168. The highest BCUT2D eigenvalue weighted by Gasteiger charge is 2.30. The van der Waals surface area contributed by atoms with Crippen LogP contribution in [0.25, 0.3) is 11.1 Å². The van der Waals surface area contributed by atoms with E-state index in [-0.39, 0.29) is 18.3 Å². The molecule has 6 nitrogen and oxygen atoms in total. The van der Waals surface area contributed by atoms with E-state index in [9.17, 15) is 9.50 Å². The quantitative estimate of drug-likeness (QED) is 0.574. The van der Waals surface area contributed by atoms with Crippen molar-refractivity contribution < 1.29 is 19.0 Å². The van der Waals surface area contributed by atoms with Gasteiger partial charge in [-0.2, -0.15) is 0 Å². The van der Waals surface area contributed by atoms with E-state index in [2.05, 4.69) is 21.8 Å². The molecule has 5 rings (SSSR count). The van der Waals surface area contributed by atoms with E-state index in [0.29, 0.717) is 18.2 Å². The Morgan fingerprint density at radius 1 is 1.12 bits per heavy atom. The highest BCUT2D eigenvalue weighted by molar-refractivity contribution is 5.95. The summed E-state index contributed by atoms with van der Waals surface area (Å²) in [5.41, 5.74) is 4.54. The maximum absolute atomic E-state index is 12.5. The lowest BCUT2D eigenvalue weighted by Crippen LogP contribution is -2.49. The van der Waals surface area contributed by atoms with Crippen molar-refractivity contribution in [1.29, 1.82) is 0 Å². The van der Waals surface area contributed by atoms with Crippen LogP contribution in [0.5, 0.6) is 17.4 Å². The molecule has 3 aromatic rings. The number of rotatable bonds is 7. The van der Waals surface area contributed by atoms with E-state index in [0.717, 1.165) is 47.7 Å². The number of aromatic nitrogens is 2. The van der Waals surface area contributed by atoms with Gasteiger partial charge in [-0.15, -0.1) is 0 Å². The summed E-state index contributed by atoms with van der Waals surface area (Å²) < 4.78 is 24.7. The highest BCUT2D eigenvalue weighted by atomic mass is 19.1. The molecule has 1 saturated heterocycles. The molecule has 0 bridgehead atoms. The topological polar surface area (TPSA) is 67.7 Å². The summed E-state index contributed by atoms with van der Waals surface area (Å²) in [4.78, 5) is 11.2. The standard InChI is InChI=1S/C26H26FN3O3/c1-17-21-7-2-3-8-23(21)33-26(25(17)19-5-4-6-20(31)11-19)22-13-29-24(14-28-22)32-10-9-30-15-18(12-27)16-30/h2-8,11,13-14,18,26,31H,9-10,12,15-16H2,1H3. The third-order valence-electron chi connectivity index (χ3n) is 6.18. The lowest BCUT2D eigenvalue weighted by Gasteiger charge is -2.37. The molecule has 3 heterocycles. The van der Waals surface area contributed by atoms with Crippen molar-refractivity contribution in [2.45, 2.75) is 13.0 Å². The van der Waals surface area contributed by atoms with Crippen molar-refractivity contribution >= 4 is 11.1 Å². The Morgan fingerprint density at radius 2 is 1.97 bits per heavy atom. The summed E-state index contributed by atoms with van der Waals surface area (Å²) in [6, 6.07) is 15.1. The molecule has 2 aliphatic heterocycles. The number of halogens is 1. The summed E-state index contributed by atoms with van der Waals surface area (Å²) in [5, 5.41) is 10.1. The predicted octanol–water partition coefficient (Wildman–Crippen LogP) is 4.53. The largest absolute Gasteiger partial charge is 0.508 e. The van der Waals surface area contributed by atoms with Crippen LogP contribution in [0, 0.1) is 5.92 Å². The van der Waals surface area contributed by atoms with Crippen molar-refractivity contribution in [2.75, 3.05) is 32.9 Å². The lowest BCUT2D eigenvalue weighted by molar-refractivity contribution is 0.0661. The van der Waals surface area contributed by atoms with Gasteiger partial charge in [-0.1, -0.05) is 30.3 Å². The Bertz CT molecular complexity index is 1160. The molecule has 170 valence electrons. The van der Waals surface area contributed by atoms with Crippen LogP contribution in [0.15, 0.2) is 60.9 Å². The smallest absolute Gasteiger partial charge is 0.232 e. The number of phenols is 1. The number of aromatic hydroxyl groups is 1. The Kier molecular flexibility index (Phi) is 5.96. The number of hydrogen-bond acceptors (Lipinski definition) is 6. The maximum atomic E-state index is 12.5. The van der Waals surface area contributed by atoms with Crippen LogP contribution in [-0.4, -0.2) is 52.9 Å². The number of ether oxygens (including phenoxy) is 2. The van der Waals surface area contributed by atoms with E-state index in [4.69, 9.17) is 9.47 Å². The molecule has 1 unspecified atom stereocenters. The van der Waals surface area contributed by atoms with Gasteiger partial charge in [0, 0.05) is 36.7 Å². The van der Waals surface area contributed by atoms with E-state index < -0.39 is 6.10 Å². The molecule has 0 aliphatic carbocycles. The summed E-state index contributed by atoms with van der Waals surface area (Å²) >= 11 is 0. The minimum Gasteiger partial charge on any atom is -0.508 e. The van der Waals surface area contributed by atoms with Crippen molar-refractivity contribution in [3.8, 4) is 17.4 Å². The first kappa shape index (κ1) is 21.4. The first-order valence-corrected chi connectivity index (χ1v) is 11.1. The van der Waals surface area contributed by atoms with Gasteiger partial charge in [-0.25, -0.2) is 9.97 Å². The van der Waals surface area contributed by atoms with Gasteiger partial charge in [0.25, 0.3) is 0 Å². The second-order valence-corrected chi connectivity index (χ2v) is 8.49. The van der Waals surface area contributed by atoms with Crippen LogP contribution in [0.3, 0.4) is 0 Å². The van der Waals surface area contributed by atoms with Crippen LogP contribution in [0.1, 0.15) is 29.8 Å². The number of hydrogen-bond donors (Lipinski definition) is 1. The summed E-state index contributed by atoms with van der Waals surface area (Å²) in [6.45, 7) is 4.60. The fourth-order valence-corrected chi connectivity index (χ4v) is 4.43. The second kappa shape index (κ2) is 9.19. The first-order chi connectivity index (χ1) is 16.1. The number of fused-ring (bicyclic) bond motifs is 1. The predicted molar refractivity (Wildman–Crippen MR) is 124 cm³/mol. The maximum Gasteiger partial charge on any atom is 0.232 e. The SMILES string of the molecule is CC1=C(c2cccc(O)c2)C(c2cnc(OCCN3CC(CF)C3)cn2)Oc2ccccc21. The van der Waals surface area contributed by atoms with Gasteiger partial charge in [0.05, 0.1) is 19.1 Å². The van der Waals surface area contributed by atoms with E-state index >= 15 is 0 Å². The fraction of sp³-hybridized carbons (Fsp3) is 0.308. The number of para-hydroxylation sites is 1. The molecule has 0 radical (unpaired) electrons.